The number of fused-ring (bicyclic) bond motifs is 1. The number of halogens is 1. The standard InChI is InChI=1S/C22H29ClN4O2/c1-28-15-18-14-26(12-13-29-18)17-6-4-16(5-7-17)22(8-2-9-22)20-19(23)21-24-10-3-11-27(21)25-20/h4-7,18,24H,2-3,8-15H2,1H3. The Morgan fingerprint density at radius 1 is 1.24 bits per heavy atom. The van der Waals surface area contributed by atoms with E-state index in [4.69, 9.17) is 26.2 Å². The van der Waals surface area contributed by atoms with E-state index in [0.29, 0.717) is 6.61 Å². The highest BCUT2D eigenvalue weighted by atomic mass is 35.5. The number of anilines is 2. The highest BCUT2D eigenvalue weighted by molar-refractivity contribution is 6.33. The molecule has 0 bridgehead atoms. The van der Waals surface area contributed by atoms with Crippen molar-refractivity contribution in [3.63, 3.8) is 0 Å². The largest absolute Gasteiger partial charge is 0.382 e. The topological polar surface area (TPSA) is 51.5 Å². The molecule has 1 unspecified atom stereocenters. The quantitative estimate of drug-likeness (QED) is 0.805. The van der Waals surface area contributed by atoms with Gasteiger partial charge >= 0.3 is 0 Å². The van der Waals surface area contributed by atoms with E-state index >= 15 is 0 Å². The number of aromatic nitrogens is 2. The minimum absolute atomic E-state index is 0.0504. The molecule has 7 heteroatoms. The van der Waals surface area contributed by atoms with Crippen LogP contribution in [0, 0.1) is 0 Å². The molecule has 1 saturated heterocycles. The van der Waals surface area contributed by atoms with Crippen molar-refractivity contribution in [3.8, 4) is 0 Å². The van der Waals surface area contributed by atoms with Crippen LogP contribution in [-0.4, -0.2) is 55.8 Å². The average Bonchev–Trinajstić information content (AvgIpc) is 3.05. The minimum Gasteiger partial charge on any atom is -0.382 e. The first-order chi connectivity index (χ1) is 14.2. The Hall–Kier alpha value is -1.76. The Morgan fingerprint density at radius 2 is 2.07 bits per heavy atom. The van der Waals surface area contributed by atoms with Crippen molar-refractivity contribution in [3.05, 3.63) is 40.5 Å². The molecule has 1 aliphatic carbocycles. The number of nitrogens with one attached hydrogen (secondary N) is 1. The Bertz CT molecular complexity index is 860. The molecule has 29 heavy (non-hydrogen) atoms. The molecule has 3 aliphatic rings. The van der Waals surface area contributed by atoms with Gasteiger partial charge in [0.1, 0.15) is 10.8 Å². The average molecular weight is 417 g/mol. The summed E-state index contributed by atoms with van der Waals surface area (Å²) in [5.74, 6) is 0.994. The maximum absolute atomic E-state index is 6.81. The Balaban J connectivity index is 1.41. The maximum atomic E-state index is 6.81. The molecule has 1 aromatic carbocycles. The summed E-state index contributed by atoms with van der Waals surface area (Å²) in [5.41, 5.74) is 3.57. The lowest BCUT2D eigenvalue weighted by atomic mass is 9.62. The van der Waals surface area contributed by atoms with Crippen LogP contribution in [0.15, 0.2) is 24.3 Å². The number of morpholine rings is 1. The maximum Gasteiger partial charge on any atom is 0.143 e. The molecule has 0 amide bonds. The Labute approximate surface area is 177 Å². The van der Waals surface area contributed by atoms with Crippen molar-refractivity contribution in [2.45, 2.75) is 43.7 Å². The third kappa shape index (κ3) is 3.31. The van der Waals surface area contributed by atoms with Crippen LogP contribution >= 0.6 is 11.6 Å². The van der Waals surface area contributed by atoms with Crippen molar-refractivity contribution >= 4 is 23.1 Å². The zero-order chi connectivity index (χ0) is 19.8. The summed E-state index contributed by atoms with van der Waals surface area (Å²) in [5, 5.41) is 9.18. The van der Waals surface area contributed by atoms with Crippen molar-refractivity contribution in [2.24, 2.45) is 0 Å². The van der Waals surface area contributed by atoms with Crippen LogP contribution < -0.4 is 10.2 Å². The molecule has 1 aromatic heterocycles. The van der Waals surface area contributed by atoms with E-state index in [-0.39, 0.29) is 11.5 Å². The highest BCUT2D eigenvalue weighted by Gasteiger charge is 2.45. The van der Waals surface area contributed by atoms with Crippen LogP contribution in [-0.2, 0) is 21.4 Å². The normalized spacial score (nSPS) is 23.2. The predicted octanol–water partition coefficient (Wildman–Crippen LogP) is 3.67. The fraction of sp³-hybridized carbons (Fsp3) is 0.591. The number of methoxy groups -OCH3 is 1. The summed E-state index contributed by atoms with van der Waals surface area (Å²) in [6, 6.07) is 9.04. The first-order valence-electron chi connectivity index (χ1n) is 10.7. The summed E-state index contributed by atoms with van der Waals surface area (Å²) in [6.45, 7) is 5.06. The monoisotopic (exact) mass is 416 g/mol. The van der Waals surface area contributed by atoms with Crippen LogP contribution in [0.2, 0.25) is 5.02 Å². The van der Waals surface area contributed by atoms with E-state index in [1.165, 1.54) is 17.7 Å². The highest BCUT2D eigenvalue weighted by Crippen LogP contribution is 2.52. The van der Waals surface area contributed by atoms with Gasteiger partial charge < -0.3 is 19.7 Å². The van der Waals surface area contributed by atoms with Crippen LogP contribution in [0.25, 0.3) is 0 Å². The van der Waals surface area contributed by atoms with Crippen LogP contribution in [0.5, 0.6) is 0 Å². The van der Waals surface area contributed by atoms with E-state index in [9.17, 15) is 0 Å². The predicted molar refractivity (Wildman–Crippen MR) is 115 cm³/mol. The van der Waals surface area contributed by atoms with Crippen LogP contribution in [0.3, 0.4) is 0 Å². The molecule has 2 aromatic rings. The Morgan fingerprint density at radius 3 is 2.76 bits per heavy atom. The number of aryl methyl sites for hydroxylation is 1. The molecule has 1 atom stereocenters. The SMILES string of the molecule is COCC1CN(c2ccc(C3(c4nn5c(c4Cl)NCCC5)CCC3)cc2)CCO1. The molecule has 2 aliphatic heterocycles. The van der Waals surface area contributed by atoms with E-state index in [2.05, 4.69) is 39.2 Å². The van der Waals surface area contributed by atoms with E-state index in [1.807, 2.05) is 0 Å². The van der Waals surface area contributed by atoms with Gasteiger partial charge in [-0.2, -0.15) is 5.10 Å². The fourth-order valence-electron chi connectivity index (χ4n) is 4.94. The van der Waals surface area contributed by atoms with Gasteiger partial charge in [-0.15, -0.1) is 0 Å². The minimum atomic E-state index is -0.0504. The molecule has 0 radical (unpaired) electrons. The van der Waals surface area contributed by atoms with Crippen molar-refractivity contribution < 1.29 is 9.47 Å². The summed E-state index contributed by atoms with van der Waals surface area (Å²) in [7, 11) is 1.73. The second-order valence-corrected chi connectivity index (χ2v) is 8.77. The summed E-state index contributed by atoms with van der Waals surface area (Å²) in [4.78, 5) is 2.39. The number of hydrogen-bond acceptors (Lipinski definition) is 5. The molecule has 5 rings (SSSR count). The molecule has 6 nitrogen and oxygen atoms in total. The third-order valence-electron chi connectivity index (χ3n) is 6.67. The fourth-order valence-corrected chi connectivity index (χ4v) is 5.32. The molecule has 2 fully saturated rings. The number of nitrogens with zero attached hydrogens (tertiary/aromatic N) is 3. The van der Waals surface area contributed by atoms with E-state index < -0.39 is 0 Å². The number of hydrogen-bond donors (Lipinski definition) is 1. The van der Waals surface area contributed by atoms with Gasteiger partial charge in [0.2, 0.25) is 0 Å². The molecule has 1 N–H and O–H groups in total. The number of ether oxygens (including phenoxy) is 2. The lowest BCUT2D eigenvalue weighted by molar-refractivity contribution is -0.0100. The number of benzene rings is 1. The molecule has 3 heterocycles. The lowest BCUT2D eigenvalue weighted by Crippen LogP contribution is -2.44. The summed E-state index contributed by atoms with van der Waals surface area (Å²) in [6.07, 6.45) is 4.66. The van der Waals surface area contributed by atoms with E-state index in [1.54, 1.807) is 7.11 Å². The second kappa shape index (κ2) is 7.82. The second-order valence-electron chi connectivity index (χ2n) is 8.39. The first-order valence-corrected chi connectivity index (χ1v) is 11.1. The number of rotatable bonds is 5. The van der Waals surface area contributed by atoms with Crippen molar-refractivity contribution in [1.29, 1.82) is 0 Å². The van der Waals surface area contributed by atoms with Gasteiger partial charge in [0.05, 0.1) is 25.0 Å². The van der Waals surface area contributed by atoms with Gasteiger partial charge in [-0.05, 0) is 37.0 Å². The van der Waals surface area contributed by atoms with Gasteiger partial charge in [-0.3, -0.25) is 0 Å². The van der Waals surface area contributed by atoms with Gasteiger partial charge in [0.15, 0.2) is 0 Å². The van der Waals surface area contributed by atoms with Gasteiger partial charge in [0, 0.05) is 44.4 Å². The molecule has 156 valence electrons. The molecular formula is C22H29ClN4O2. The third-order valence-corrected chi connectivity index (χ3v) is 7.03. The van der Waals surface area contributed by atoms with Gasteiger partial charge in [-0.1, -0.05) is 30.2 Å². The van der Waals surface area contributed by atoms with Crippen molar-refractivity contribution in [1.82, 2.24) is 9.78 Å². The van der Waals surface area contributed by atoms with Gasteiger partial charge in [0.25, 0.3) is 0 Å². The van der Waals surface area contributed by atoms with Gasteiger partial charge in [-0.25, -0.2) is 4.68 Å². The van der Waals surface area contributed by atoms with Crippen molar-refractivity contribution in [2.75, 3.05) is 50.2 Å². The molecular weight excluding hydrogens is 388 g/mol. The first kappa shape index (κ1) is 19.2. The summed E-state index contributed by atoms with van der Waals surface area (Å²) < 4.78 is 13.1. The zero-order valence-electron chi connectivity index (χ0n) is 17.0. The molecule has 0 spiro atoms. The summed E-state index contributed by atoms with van der Waals surface area (Å²) >= 11 is 6.81. The van der Waals surface area contributed by atoms with E-state index in [0.717, 1.165) is 68.6 Å². The zero-order valence-corrected chi connectivity index (χ0v) is 17.7. The van der Waals surface area contributed by atoms with Crippen LogP contribution in [0.1, 0.15) is 36.9 Å². The lowest BCUT2D eigenvalue weighted by Gasteiger charge is -2.41. The Kier molecular flexibility index (Phi) is 5.18. The smallest absolute Gasteiger partial charge is 0.143 e. The van der Waals surface area contributed by atoms with Crippen LogP contribution in [0.4, 0.5) is 11.5 Å². The molecule has 1 saturated carbocycles.